The number of aromatic nitrogens is 2. The largest absolute Gasteiger partial charge is 0.368 e. The molecule has 1 aliphatic rings. The van der Waals surface area contributed by atoms with Crippen molar-refractivity contribution in [1.82, 2.24) is 15.5 Å². The Balaban J connectivity index is 1.57. The quantitative estimate of drug-likeness (QED) is 0.935. The molecular weight excluding hydrogens is 278 g/mol. The van der Waals surface area contributed by atoms with Gasteiger partial charge in [0.15, 0.2) is 5.82 Å². The number of nitrogens with zero attached hydrogens (tertiary/aromatic N) is 2. The highest BCUT2D eigenvalue weighted by atomic mass is 32.1. The van der Waals surface area contributed by atoms with E-state index in [1.807, 2.05) is 18.4 Å². The Kier molecular flexibility index (Phi) is 3.79. The highest BCUT2D eigenvalue weighted by molar-refractivity contribution is 7.10. The molecule has 1 atom stereocenters. The molecule has 0 aliphatic carbocycles. The first-order chi connectivity index (χ1) is 9.72. The molecule has 0 bridgehead atoms. The fourth-order valence-corrected chi connectivity index (χ4v) is 2.75. The summed E-state index contributed by atoms with van der Waals surface area (Å²) in [5.74, 6) is 0.840. The van der Waals surface area contributed by atoms with Crippen LogP contribution in [0.5, 0.6) is 0 Å². The maximum atomic E-state index is 11.9. The Morgan fingerprint density at radius 2 is 2.50 bits per heavy atom. The Morgan fingerprint density at radius 1 is 1.60 bits per heavy atom. The van der Waals surface area contributed by atoms with E-state index in [1.54, 1.807) is 11.3 Å². The molecule has 106 valence electrons. The third-order valence-corrected chi connectivity index (χ3v) is 3.95. The lowest BCUT2D eigenvalue weighted by atomic mass is 10.2. The van der Waals surface area contributed by atoms with Crippen LogP contribution in [0.1, 0.15) is 45.9 Å². The lowest BCUT2D eigenvalue weighted by Crippen LogP contribution is -2.22. The van der Waals surface area contributed by atoms with Crippen molar-refractivity contribution >= 4 is 17.2 Å². The minimum Gasteiger partial charge on any atom is -0.368 e. The van der Waals surface area contributed by atoms with Crippen LogP contribution in [0.25, 0.3) is 0 Å². The van der Waals surface area contributed by atoms with Crippen LogP contribution in [0.2, 0.25) is 0 Å². The number of amides is 1. The normalized spacial score (nSPS) is 18.4. The molecule has 2 aromatic rings. The van der Waals surface area contributed by atoms with E-state index < -0.39 is 0 Å². The molecule has 3 heterocycles. The molecule has 1 fully saturated rings. The third kappa shape index (κ3) is 2.88. The summed E-state index contributed by atoms with van der Waals surface area (Å²) in [6.45, 7) is 2.95. The summed E-state index contributed by atoms with van der Waals surface area (Å²) < 4.78 is 10.6. The molecule has 0 saturated carbocycles. The summed E-state index contributed by atoms with van der Waals surface area (Å²) in [6.07, 6.45) is 1.82. The molecule has 0 radical (unpaired) electrons. The van der Waals surface area contributed by atoms with Crippen LogP contribution in [-0.2, 0) is 11.3 Å². The second-order valence-corrected chi connectivity index (χ2v) is 5.79. The van der Waals surface area contributed by atoms with Crippen molar-refractivity contribution in [2.45, 2.75) is 32.4 Å². The van der Waals surface area contributed by atoms with E-state index in [0.29, 0.717) is 17.3 Å². The van der Waals surface area contributed by atoms with E-state index in [-0.39, 0.29) is 18.6 Å². The van der Waals surface area contributed by atoms with Crippen molar-refractivity contribution in [3.63, 3.8) is 0 Å². The van der Waals surface area contributed by atoms with Gasteiger partial charge in [-0.3, -0.25) is 4.79 Å². The smallest absolute Gasteiger partial charge is 0.255 e. The third-order valence-electron chi connectivity index (χ3n) is 3.09. The number of ether oxygens (including phenoxy) is 1. The molecule has 6 nitrogen and oxygen atoms in total. The summed E-state index contributed by atoms with van der Waals surface area (Å²) in [5.41, 5.74) is 0.662. The minimum atomic E-state index is -0.127. The first-order valence-electron chi connectivity index (χ1n) is 6.50. The van der Waals surface area contributed by atoms with Gasteiger partial charge in [0, 0.05) is 16.9 Å². The van der Waals surface area contributed by atoms with Crippen LogP contribution in [0.3, 0.4) is 0 Å². The molecule has 1 N–H and O–H groups in total. The molecule has 1 aliphatic heterocycles. The van der Waals surface area contributed by atoms with Crippen molar-refractivity contribution < 1.29 is 14.1 Å². The Bertz CT molecular complexity index is 602. The fraction of sp³-hybridized carbons (Fsp3) is 0.462. The number of aryl methyl sites for hydroxylation is 1. The van der Waals surface area contributed by atoms with Crippen LogP contribution >= 0.6 is 11.3 Å². The van der Waals surface area contributed by atoms with Gasteiger partial charge in [-0.15, -0.1) is 11.3 Å². The first kappa shape index (κ1) is 13.3. The number of hydrogen-bond donors (Lipinski definition) is 1. The van der Waals surface area contributed by atoms with Crippen LogP contribution < -0.4 is 5.32 Å². The second-order valence-electron chi connectivity index (χ2n) is 4.68. The molecular formula is C13H15N3O3S. The Labute approximate surface area is 120 Å². The van der Waals surface area contributed by atoms with Gasteiger partial charge < -0.3 is 14.6 Å². The van der Waals surface area contributed by atoms with Crippen molar-refractivity contribution in [2.75, 3.05) is 6.61 Å². The maximum Gasteiger partial charge on any atom is 0.255 e. The minimum absolute atomic E-state index is 0.0912. The zero-order valence-corrected chi connectivity index (χ0v) is 11.9. The van der Waals surface area contributed by atoms with Gasteiger partial charge in [-0.25, -0.2) is 0 Å². The van der Waals surface area contributed by atoms with Gasteiger partial charge in [0.1, 0.15) is 6.10 Å². The van der Waals surface area contributed by atoms with Crippen molar-refractivity contribution in [3.05, 3.63) is 33.6 Å². The fourth-order valence-electron chi connectivity index (χ4n) is 2.07. The molecule has 0 aromatic carbocycles. The SMILES string of the molecule is Cc1cc(C(=O)NCc2noc(C3CCCO3)n2)cs1. The highest BCUT2D eigenvalue weighted by Gasteiger charge is 2.23. The first-order valence-corrected chi connectivity index (χ1v) is 7.38. The predicted molar refractivity (Wildman–Crippen MR) is 72.5 cm³/mol. The van der Waals surface area contributed by atoms with Gasteiger partial charge in [0.25, 0.3) is 11.8 Å². The monoisotopic (exact) mass is 293 g/mol. The summed E-state index contributed by atoms with van der Waals surface area (Å²) in [4.78, 5) is 17.2. The number of rotatable bonds is 4. The molecule has 0 spiro atoms. The second kappa shape index (κ2) is 5.72. The van der Waals surface area contributed by atoms with Gasteiger partial charge in [-0.2, -0.15) is 4.98 Å². The average Bonchev–Trinajstić information content (AvgIpc) is 3.16. The van der Waals surface area contributed by atoms with Crippen molar-refractivity contribution in [2.24, 2.45) is 0 Å². The highest BCUT2D eigenvalue weighted by Crippen LogP contribution is 2.26. The van der Waals surface area contributed by atoms with Gasteiger partial charge in [0.2, 0.25) is 0 Å². The lowest BCUT2D eigenvalue weighted by Gasteiger charge is -2.01. The van der Waals surface area contributed by atoms with E-state index in [4.69, 9.17) is 9.26 Å². The van der Waals surface area contributed by atoms with Crippen LogP contribution in [0.4, 0.5) is 0 Å². The summed E-state index contributed by atoms with van der Waals surface area (Å²) in [7, 11) is 0. The summed E-state index contributed by atoms with van der Waals surface area (Å²) in [5, 5.41) is 8.46. The Morgan fingerprint density at radius 3 is 3.20 bits per heavy atom. The number of hydrogen-bond acceptors (Lipinski definition) is 6. The predicted octanol–water partition coefficient (Wildman–Crippen LogP) is 2.22. The van der Waals surface area contributed by atoms with Crippen LogP contribution in [-0.4, -0.2) is 22.7 Å². The van der Waals surface area contributed by atoms with Gasteiger partial charge in [-0.1, -0.05) is 5.16 Å². The van der Waals surface area contributed by atoms with Crippen LogP contribution in [0.15, 0.2) is 16.0 Å². The van der Waals surface area contributed by atoms with E-state index >= 15 is 0 Å². The lowest BCUT2D eigenvalue weighted by molar-refractivity contribution is 0.0835. The molecule has 20 heavy (non-hydrogen) atoms. The van der Waals surface area contributed by atoms with Gasteiger partial charge >= 0.3 is 0 Å². The zero-order valence-electron chi connectivity index (χ0n) is 11.1. The molecule has 1 unspecified atom stereocenters. The molecule has 1 saturated heterocycles. The van der Waals surface area contributed by atoms with Gasteiger partial charge in [-0.05, 0) is 25.8 Å². The van der Waals surface area contributed by atoms with Gasteiger partial charge in [0.05, 0.1) is 12.1 Å². The maximum absolute atomic E-state index is 11.9. The number of nitrogens with one attached hydrogen (secondary N) is 1. The summed E-state index contributed by atoms with van der Waals surface area (Å²) in [6, 6.07) is 1.86. The Hall–Kier alpha value is -1.73. The van der Waals surface area contributed by atoms with E-state index in [9.17, 15) is 4.79 Å². The molecule has 2 aromatic heterocycles. The van der Waals surface area contributed by atoms with E-state index in [1.165, 1.54) is 0 Å². The number of thiophene rings is 1. The van der Waals surface area contributed by atoms with Crippen molar-refractivity contribution in [1.29, 1.82) is 0 Å². The molecule has 3 rings (SSSR count). The van der Waals surface area contributed by atoms with E-state index in [2.05, 4.69) is 15.5 Å². The molecule has 1 amide bonds. The topological polar surface area (TPSA) is 77.2 Å². The summed E-state index contributed by atoms with van der Waals surface area (Å²) >= 11 is 1.55. The molecule has 7 heteroatoms. The van der Waals surface area contributed by atoms with Crippen molar-refractivity contribution in [3.8, 4) is 0 Å². The zero-order chi connectivity index (χ0) is 13.9. The van der Waals surface area contributed by atoms with Crippen LogP contribution in [0, 0.1) is 6.92 Å². The average molecular weight is 293 g/mol. The number of carbonyl (C=O) groups is 1. The number of carbonyl (C=O) groups excluding carboxylic acids is 1. The van der Waals surface area contributed by atoms with E-state index in [0.717, 1.165) is 24.3 Å². The standard InChI is InChI=1S/C13H15N3O3S/c1-8-5-9(7-20-8)12(17)14-6-11-15-13(19-16-11)10-3-2-4-18-10/h5,7,10H,2-4,6H2,1H3,(H,14,17).